The number of nitrogens with one attached hydrogen (secondary N) is 1. The zero-order valence-corrected chi connectivity index (χ0v) is 15.9. The third kappa shape index (κ3) is 3.74. The molecule has 1 aromatic heterocycles. The van der Waals surface area contributed by atoms with Gasteiger partial charge in [0.1, 0.15) is 11.3 Å². The van der Waals surface area contributed by atoms with Crippen LogP contribution in [0.15, 0.2) is 47.1 Å². The van der Waals surface area contributed by atoms with Gasteiger partial charge in [0, 0.05) is 35.1 Å². The van der Waals surface area contributed by atoms with Crippen LogP contribution in [-0.2, 0) is 11.2 Å². The summed E-state index contributed by atoms with van der Waals surface area (Å²) in [5.74, 6) is 0.623. The number of hydrogen-bond donors (Lipinski definition) is 1. The number of carbonyl (C=O) groups excluding carboxylic acids is 1. The predicted octanol–water partition coefficient (Wildman–Crippen LogP) is 4.88. The molecule has 1 fully saturated rings. The van der Waals surface area contributed by atoms with Gasteiger partial charge in [-0.3, -0.25) is 4.79 Å². The predicted molar refractivity (Wildman–Crippen MR) is 108 cm³/mol. The Bertz CT molecular complexity index is 977. The van der Waals surface area contributed by atoms with Crippen molar-refractivity contribution in [3.63, 3.8) is 0 Å². The first-order chi connectivity index (χ1) is 13.1. The molecule has 1 aliphatic rings. The van der Waals surface area contributed by atoms with E-state index in [2.05, 4.69) is 10.2 Å². The molecule has 6 heteroatoms. The number of fused-ring (bicyclic) bond motifs is 1. The van der Waals surface area contributed by atoms with Crippen LogP contribution in [0.1, 0.15) is 18.4 Å². The lowest BCUT2D eigenvalue weighted by atomic mass is 10.1. The third-order valence-corrected chi connectivity index (χ3v) is 5.13. The lowest BCUT2D eigenvalue weighted by Gasteiger charge is -2.21. The average molecular weight is 385 g/mol. The lowest BCUT2D eigenvalue weighted by Crippen LogP contribution is -2.21. The number of hydrogen-bond acceptors (Lipinski definition) is 4. The molecule has 3 aromatic rings. The second-order valence-corrected chi connectivity index (χ2v) is 7.14. The van der Waals surface area contributed by atoms with Gasteiger partial charge in [-0.05, 0) is 43.2 Å². The molecule has 27 heavy (non-hydrogen) atoms. The van der Waals surface area contributed by atoms with Crippen molar-refractivity contribution in [3.05, 3.63) is 53.2 Å². The maximum Gasteiger partial charge on any atom is 0.228 e. The number of amides is 1. The van der Waals surface area contributed by atoms with Crippen molar-refractivity contribution in [2.45, 2.75) is 19.3 Å². The first kappa shape index (κ1) is 17.7. The number of methoxy groups -OCH3 is 1. The van der Waals surface area contributed by atoms with Crippen molar-refractivity contribution in [1.82, 2.24) is 0 Å². The Morgan fingerprint density at radius 2 is 2.04 bits per heavy atom. The van der Waals surface area contributed by atoms with E-state index >= 15 is 0 Å². The number of benzene rings is 2. The van der Waals surface area contributed by atoms with Gasteiger partial charge in [-0.25, -0.2) is 0 Å². The van der Waals surface area contributed by atoms with Crippen molar-refractivity contribution >= 4 is 39.9 Å². The molecule has 0 unspecified atom stereocenters. The van der Waals surface area contributed by atoms with Crippen molar-refractivity contribution in [2.24, 2.45) is 0 Å². The van der Waals surface area contributed by atoms with E-state index in [4.69, 9.17) is 20.8 Å². The lowest BCUT2D eigenvalue weighted by molar-refractivity contribution is -0.115. The normalized spacial score (nSPS) is 13.9. The molecule has 2 aromatic carbocycles. The van der Waals surface area contributed by atoms with Gasteiger partial charge in [0.15, 0.2) is 0 Å². The minimum Gasteiger partial charge on any atom is -0.497 e. The molecular formula is C21H21ClN2O3. The van der Waals surface area contributed by atoms with Crippen LogP contribution in [0.2, 0.25) is 5.02 Å². The minimum atomic E-state index is -0.101. The van der Waals surface area contributed by atoms with Crippen molar-refractivity contribution in [3.8, 4) is 5.75 Å². The molecule has 0 radical (unpaired) electrons. The molecule has 0 bridgehead atoms. The maximum absolute atomic E-state index is 12.7. The van der Waals surface area contributed by atoms with Crippen molar-refractivity contribution in [1.29, 1.82) is 0 Å². The fourth-order valence-electron chi connectivity index (χ4n) is 3.54. The van der Waals surface area contributed by atoms with Gasteiger partial charge >= 0.3 is 0 Å². The zero-order valence-electron chi connectivity index (χ0n) is 15.1. The van der Waals surface area contributed by atoms with E-state index in [1.807, 2.05) is 36.4 Å². The van der Waals surface area contributed by atoms with E-state index in [-0.39, 0.29) is 12.3 Å². The first-order valence-corrected chi connectivity index (χ1v) is 9.40. The second kappa shape index (κ2) is 7.53. The van der Waals surface area contributed by atoms with Gasteiger partial charge in [0.2, 0.25) is 5.91 Å². The molecule has 4 rings (SSSR count). The Labute approximate surface area is 162 Å². The number of furan rings is 1. The van der Waals surface area contributed by atoms with Gasteiger partial charge in [-0.1, -0.05) is 11.6 Å². The number of rotatable bonds is 5. The summed E-state index contributed by atoms with van der Waals surface area (Å²) >= 11 is 6.16. The van der Waals surface area contributed by atoms with Crippen LogP contribution in [0, 0.1) is 0 Å². The van der Waals surface area contributed by atoms with Crippen LogP contribution in [0.4, 0.5) is 11.4 Å². The van der Waals surface area contributed by atoms with Crippen molar-refractivity contribution < 1.29 is 13.9 Å². The summed E-state index contributed by atoms with van der Waals surface area (Å²) in [6, 6.07) is 11.2. The molecule has 2 heterocycles. The Balaban J connectivity index is 1.54. The number of anilines is 2. The summed E-state index contributed by atoms with van der Waals surface area (Å²) in [7, 11) is 1.61. The largest absolute Gasteiger partial charge is 0.497 e. The molecule has 0 aliphatic carbocycles. The van der Waals surface area contributed by atoms with Crippen LogP contribution in [0.5, 0.6) is 5.75 Å². The van der Waals surface area contributed by atoms with E-state index in [1.54, 1.807) is 13.4 Å². The van der Waals surface area contributed by atoms with Gasteiger partial charge in [-0.2, -0.15) is 0 Å². The number of carbonyl (C=O) groups is 1. The number of nitrogens with zero attached hydrogens (tertiary/aromatic N) is 1. The highest BCUT2D eigenvalue weighted by Crippen LogP contribution is 2.32. The first-order valence-electron chi connectivity index (χ1n) is 9.02. The molecular weight excluding hydrogens is 364 g/mol. The summed E-state index contributed by atoms with van der Waals surface area (Å²) in [5.41, 5.74) is 3.32. The van der Waals surface area contributed by atoms with Crippen LogP contribution in [-0.4, -0.2) is 26.1 Å². The molecule has 0 atom stereocenters. The Morgan fingerprint density at radius 1 is 1.22 bits per heavy atom. The second-order valence-electron chi connectivity index (χ2n) is 6.70. The van der Waals surface area contributed by atoms with Gasteiger partial charge in [0.05, 0.1) is 31.2 Å². The highest BCUT2D eigenvalue weighted by molar-refractivity contribution is 6.31. The third-order valence-electron chi connectivity index (χ3n) is 4.89. The molecule has 1 saturated heterocycles. The van der Waals surface area contributed by atoms with Crippen molar-refractivity contribution in [2.75, 3.05) is 30.4 Å². The fraction of sp³-hybridized carbons (Fsp3) is 0.286. The van der Waals surface area contributed by atoms with E-state index in [1.165, 1.54) is 12.8 Å². The van der Waals surface area contributed by atoms with Crippen LogP contribution >= 0.6 is 11.6 Å². The molecule has 1 aliphatic heterocycles. The van der Waals surface area contributed by atoms with Crippen LogP contribution in [0.3, 0.4) is 0 Å². The monoisotopic (exact) mass is 384 g/mol. The number of halogens is 1. The Hall–Kier alpha value is -2.66. The minimum absolute atomic E-state index is 0.101. The smallest absolute Gasteiger partial charge is 0.228 e. The SMILES string of the molecule is COc1ccc2c(CC(=O)Nc3cc(Cl)ccc3N3CCCC3)coc2c1. The topological polar surface area (TPSA) is 54.7 Å². The average Bonchev–Trinajstić information content (AvgIpc) is 3.32. The molecule has 140 valence electrons. The summed E-state index contributed by atoms with van der Waals surface area (Å²) in [6.07, 6.45) is 4.19. The summed E-state index contributed by atoms with van der Waals surface area (Å²) < 4.78 is 10.8. The summed E-state index contributed by atoms with van der Waals surface area (Å²) in [4.78, 5) is 15.0. The van der Waals surface area contributed by atoms with Gasteiger partial charge < -0.3 is 19.4 Å². The van der Waals surface area contributed by atoms with E-state index in [0.717, 1.165) is 41.2 Å². The molecule has 0 spiro atoms. The molecule has 5 nitrogen and oxygen atoms in total. The molecule has 1 N–H and O–H groups in total. The number of ether oxygens (including phenoxy) is 1. The van der Waals surface area contributed by atoms with E-state index < -0.39 is 0 Å². The van der Waals surface area contributed by atoms with Gasteiger partial charge in [0.25, 0.3) is 0 Å². The molecule has 0 saturated carbocycles. The Morgan fingerprint density at radius 3 is 2.81 bits per heavy atom. The molecule has 1 amide bonds. The highest BCUT2D eigenvalue weighted by atomic mass is 35.5. The summed E-state index contributed by atoms with van der Waals surface area (Å²) in [6.45, 7) is 2.00. The van der Waals surface area contributed by atoms with E-state index in [9.17, 15) is 4.79 Å². The maximum atomic E-state index is 12.7. The van der Waals surface area contributed by atoms with E-state index in [0.29, 0.717) is 10.6 Å². The Kier molecular flexibility index (Phi) is 4.94. The van der Waals surface area contributed by atoms with Gasteiger partial charge in [-0.15, -0.1) is 0 Å². The quantitative estimate of drug-likeness (QED) is 0.681. The summed E-state index contributed by atoms with van der Waals surface area (Å²) in [5, 5.41) is 4.54. The van der Waals surface area contributed by atoms with Crippen LogP contribution < -0.4 is 15.0 Å². The standard InChI is InChI=1S/C21H21ClN2O3/c1-26-16-5-6-17-14(13-27-20(17)12-16)10-21(25)23-18-11-15(22)4-7-19(18)24-8-2-3-9-24/h4-7,11-13H,2-3,8-10H2,1H3,(H,23,25). The van der Waals surface area contributed by atoms with Crippen LogP contribution in [0.25, 0.3) is 11.0 Å². The fourth-order valence-corrected chi connectivity index (χ4v) is 3.71. The zero-order chi connectivity index (χ0) is 18.8. The highest BCUT2D eigenvalue weighted by Gasteiger charge is 2.18.